The topological polar surface area (TPSA) is 96.7 Å². The van der Waals surface area contributed by atoms with E-state index in [-0.39, 0.29) is 22.4 Å². The van der Waals surface area contributed by atoms with Gasteiger partial charge in [0.25, 0.3) is 0 Å². The maximum atomic E-state index is 12.6. The Balaban J connectivity index is 1.75. The van der Waals surface area contributed by atoms with Crippen LogP contribution in [0.3, 0.4) is 0 Å². The number of hydrogen-bond donors (Lipinski definition) is 1. The molecule has 1 aromatic carbocycles. The van der Waals surface area contributed by atoms with Gasteiger partial charge < -0.3 is 4.42 Å². The number of piperidine rings is 1. The van der Waals surface area contributed by atoms with Crippen LogP contribution in [0.1, 0.15) is 31.1 Å². The first-order valence-electron chi connectivity index (χ1n) is 8.84. The molecular weight excluding hydrogens is 388 g/mol. The minimum atomic E-state index is -3.76. The van der Waals surface area contributed by atoms with E-state index >= 15 is 0 Å². The molecule has 0 radical (unpaired) electrons. The van der Waals surface area contributed by atoms with Crippen molar-refractivity contribution in [3.05, 3.63) is 48.4 Å². The largest absolute Gasteiger partial charge is 0.468 e. The summed E-state index contributed by atoms with van der Waals surface area (Å²) in [5.41, 5.74) is 0. The second-order valence-electron chi connectivity index (χ2n) is 6.72. The maximum Gasteiger partial charge on any atom is 0.240 e. The van der Waals surface area contributed by atoms with Crippen molar-refractivity contribution in [3.63, 3.8) is 0 Å². The van der Waals surface area contributed by atoms with Crippen molar-refractivity contribution < 1.29 is 21.3 Å². The fourth-order valence-corrected chi connectivity index (χ4v) is 4.93. The Morgan fingerprint density at radius 2 is 1.63 bits per heavy atom. The van der Waals surface area contributed by atoms with Crippen molar-refractivity contribution in [2.45, 2.75) is 35.1 Å². The molecule has 3 rings (SSSR count). The third-order valence-electron chi connectivity index (χ3n) is 4.73. The van der Waals surface area contributed by atoms with Crippen molar-refractivity contribution in [1.82, 2.24) is 9.62 Å². The van der Waals surface area contributed by atoms with Crippen molar-refractivity contribution >= 4 is 19.9 Å². The molecule has 1 saturated heterocycles. The lowest BCUT2D eigenvalue weighted by atomic mass is 10.1. The van der Waals surface area contributed by atoms with Crippen molar-refractivity contribution in [2.75, 3.05) is 25.9 Å². The van der Waals surface area contributed by atoms with Gasteiger partial charge in [0.05, 0.1) is 22.1 Å². The van der Waals surface area contributed by atoms with E-state index in [0.29, 0.717) is 0 Å². The zero-order chi connectivity index (χ0) is 19.5. The minimum absolute atomic E-state index is 0.0340. The van der Waals surface area contributed by atoms with Gasteiger partial charge in [-0.05, 0) is 62.3 Å². The van der Waals surface area contributed by atoms with Crippen LogP contribution in [0, 0.1) is 0 Å². The predicted molar refractivity (Wildman–Crippen MR) is 102 cm³/mol. The fourth-order valence-electron chi connectivity index (χ4n) is 3.26. The monoisotopic (exact) mass is 412 g/mol. The van der Waals surface area contributed by atoms with Crippen LogP contribution in [-0.4, -0.2) is 47.6 Å². The van der Waals surface area contributed by atoms with Crippen LogP contribution >= 0.6 is 0 Å². The first-order valence-corrected chi connectivity index (χ1v) is 12.2. The average molecular weight is 413 g/mol. The number of sulfone groups is 1. The van der Waals surface area contributed by atoms with Gasteiger partial charge in [0.1, 0.15) is 5.76 Å². The molecule has 0 spiro atoms. The summed E-state index contributed by atoms with van der Waals surface area (Å²) in [6.07, 6.45) is 6.01. The highest BCUT2D eigenvalue weighted by Gasteiger charge is 2.26. The number of sulfonamides is 1. The van der Waals surface area contributed by atoms with Gasteiger partial charge in [0, 0.05) is 12.8 Å². The minimum Gasteiger partial charge on any atom is -0.468 e. The quantitative estimate of drug-likeness (QED) is 0.749. The highest BCUT2D eigenvalue weighted by Crippen LogP contribution is 2.25. The second-order valence-corrected chi connectivity index (χ2v) is 10.5. The summed E-state index contributed by atoms with van der Waals surface area (Å²) in [6, 6.07) is 8.70. The summed E-state index contributed by atoms with van der Waals surface area (Å²) in [7, 11) is -7.13. The van der Waals surface area contributed by atoms with E-state index < -0.39 is 19.9 Å². The SMILES string of the molecule is CS(=O)(=O)c1ccc(S(=O)(=O)NCC(c2ccco2)N2CCCCC2)cc1. The van der Waals surface area contributed by atoms with Crippen molar-refractivity contribution in [1.29, 1.82) is 0 Å². The number of hydrogen-bond acceptors (Lipinski definition) is 6. The van der Waals surface area contributed by atoms with Gasteiger partial charge in [-0.3, -0.25) is 4.90 Å². The van der Waals surface area contributed by atoms with E-state index in [1.54, 1.807) is 12.3 Å². The molecule has 27 heavy (non-hydrogen) atoms. The summed E-state index contributed by atoms with van der Waals surface area (Å²) in [5.74, 6) is 0.729. The second kappa shape index (κ2) is 8.14. The number of likely N-dealkylation sites (tertiary alicyclic amines) is 1. The summed E-state index contributed by atoms with van der Waals surface area (Å²) in [4.78, 5) is 2.35. The number of furan rings is 1. The summed E-state index contributed by atoms with van der Waals surface area (Å²) < 4.78 is 56.5. The molecule has 2 heterocycles. The molecular formula is C18H24N2O5S2. The van der Waals surface area contributed by atoms with Gasteiger partial charge in [-0.15, -0.1) is 0 Å². The van der Waals surface area contributed by atoms with E-state index in [4.69, 9.17) is 4.42 Å². The van der Waals surface area contributed by atoms with E-state index in [9.17, 15) is 16.8 Å². The molecule has 0 bridgehead atoms. The highest BCUT2D eigenvalue weighted by molar-refractivity contribution is 7.90. The van der Waals surface area contributed by atoms with Gasteiger partial charge in [0.2, 0.25) is 10.0 Å². The number of benzene rings is 1. The molecule has 1 N–H and O–H groups in total. The molecule has 1 aliphatic heterocycles. The molecule has 7 nitrogen and oxygen atoms in total. The van der Waals surface area contributed by atoms with Crippen LogP contribution in [0.25, 0.3) is 0 Å². The predicted octanol–water partition coefficient (Wildman–Crippen LogP) is 2.19. The molecule has 148 valence electrons. The Morgan fingerprint density at radius 3 is 2.19 bits per heavy atom. The lowest BCUT2D eigenvalue weighted by molar-refractivity contribution is 0.147. The van der Waals surface area contributed by atoms with Gasteiger partial charge in [-0.1, -0.05) is 6.42 Å². The molecule has 1 unspecified atom stereocenters. The highest BCUT2D eigenvalue weighted by atomic mass is 32.2. The van der Waals surface area contributed by atoms with E-state index in [0.717, 1.165) is 37.9 Å². The zero-order valence-corrected chi connectivity index (χ0v) is 16.8. The van der Waals surface area contributed by atoms with Crippen LogP contribution < -0.4 is 4.72 Å². The summed E-state index contributed by atoms with van der Waals surface area (Å²) in [5, 5.41) is 0. The Kier molecular flexibility index (Phi) is 6.05. The lowest BCUT2D eigenvalue weighted by Crippen LogP contribution is -2.40. The number of rotatable bonds is 7. The molecule has 1 atom stereocenters. The van der Waals surface area contributed by atoms with E-state index in [2.05, 4.69) is 9.62 Å². The summed E-state index contributed by atoms with van der Waals surface area (Å²) >= 11 is 0. The van der Waals surface area contributed by atoms with Crippen LogP contribution in [0.15, 0.2) is 56.9 Å². The van der Waals surface area contributed by atoms with E-state index in [1.807, 2.05) is 6.07 Å². The van der Waals surface area contributed by atoms with Crippen LogP contribution in [-0.2, 0) is 19.9 Å². The van der Waals surface area contributed by atoms with Gasteiger partial charge in [0.15, 0.2) is 9.84 Å². The first kappa shape index (κ1) is 20.1. The molecule has 0 aliphatic carbocycles. The molecule has 0 saturated carbocycles. The average Bonchev–Trinajstić information content (AvgIpc) is 3.16. The number of nitrogens with zero attached hydrogens (tertiary/aromatic N) is 1. The van der Waals surface area contributed by atoms with Gasteiger partial charge >= 0.3 is 0 Å². The molecule has 1 aliphatic rings. The molecule has 9 heteroatoms. The van der Waals surface area contributed by atoms with Crippen LogP contribution in [0.2, 0.25) is 0 Å². The normalized spacial score (nSPS) is 17.7. The molecule has 1 aromatic heterocycles. The van der Waals surface area contributed by atoms with Crippen molar-refractivity contribution in [3.8, 4) is 0 Å². The Morgan fingerprint density at radius 1 is 1.00 bits per heavy atom. The van der Waals surface area contributed by atoms with Gasteiger partial charge in [-0.25, -0.2) is 21.6 Å². The van der Waals surface area contributed by atoms with Crippen LogP contribution in [0.4, 0.5) is 0 Å². The van der Waals surface area contributed by atoms with Crippen molar-refractivity contribution in [2.24, 2.45) is 0 Å². The molecule has 1 fully saturated rings. The third kappa shape index (κ3) is 4.98. The third-order valence-corrected chi connectivity index (χ3v) is 7.30. The smallest absolute Gasteiger partial charge is 0.240 e. The molecule has 0 amide bonds. The van der Waals surface area contributed by atoms with Crippen LogP contribution in [0.5, 0.6) is 0 Å². The first-order chi connectivity index (χ1) is 12.8. The lowest BCUT2D eigenvalue weighted by Gasteiger charge is -2.33. The zero-order valence-electron chi connectivity index (χ0n) is 15.2. The van der Waals surface area contributed by atoms with Gasteiger partial charge in [-0.2, -0.15) is 0 Å². The maximum absolute atomic E-state index is 12.6. The fraction of sp³-hybridized carbons (Fsp3) is 0.444. The standard InChI is InChI=1S/C18H24N2O5S2/c1-26(21,22)15-7-9-16(10-8-15)27(23,24)19-14-17(18-6-5-13-25-18)20-11-3-2-4-12-20/h5-10,13,17,19H,2-4,11-12,14H2,1H3. The van der Waals surface area contributed by atoms with E-state index in [1.165, 1.54) is 30.7 Å². The number of nitrogens with one attached hydrogen (secondary N) is 1. The Hall–Kier alpha value is -1.68. The molecule has 2 aromatic rings. The summed E-state index contributed by atoms with van der Waals surface area (Å²) in [6.45, 7) is 1.98. The Bertz CT molecular complexity index is 946. The Labute approximate surface area is 160 Å².